The van der Waals surface area contributed by atoms with E-state index >= 15 is 0 Å². The average Bonchev–Trinajstić information content (AvgIpc) is 2.83. The predicted molar refractivity (Wildman–Crippen MR) is 123 cm³/mol. The number of carbonyl (C=O) groups is 1. The van der Waals surface area contributed by atoms with Gasteiger partial charge < -0.3 is 10.1 Å². The van der Waals surface area contributed by atoms with Crippen molar-refractivity contribution < 1.29 is 13.9 Å². The van der Waals surface area contributed by atoms with Crippen LogP contribution >= 0.6 is 0 Å². The molecule has 0 saturated carbocycles. The number of nitrogens with one attached hydrogen (secondary N) is 2. The van der Waals surface area contributed by atoms with Crippen LogP contribution < -0.4 is 21.2 Å². The first-order valence-electron chi connectivity index (χ1n) is 10.3. The summed E-state index contributed by atoms with van der Waals surface area (Å²) >= 11 is 0. The van der Waals surface area contributed by atoms with E-state index in [4.69, 9.17) is 4.74 Å². The number of hydrogen-bond acceptors (Lipinski definition) is 4. The molecule has 4 rings (SSSR count). The highest BCUT2D eigenvalue weighted by molar-refractivity contribution is 5.81. The SMILES string of the molecule is COc1ccc(C(Cc2ccc(F)cc2)NC(=O)Cn2[nH]c(=O)c3ccccc3c2=O)cc1. The Bertz CT molecular complexity index is 1390. The Morgan fingerprint density at radius 2 is 1.67 bits per heavy atom. The summed E-state index contributed by atoms with van der Waals surface area (Å²) < 4.78 is 19.5. The smallest absolute Gasteiger partial charge is 0.273 e. The summed E-state index contributed by atoms with van der Waals surface area (Å²) in [5.74, 6) is -0.125. The van der Waals surface area contributed by atoms with Gasteiger partial charge in [-0.1, -0.05) is 36.4 Å². The molecule has 0 aliphatic rings. The molecule has 1 aromatic heterocycles. The minimum atomic E-state index is -0.458. The topological polar surface area (TPSA) is 93.2 Å². The van der Waals surface area contributed by atoms with E-state index in [1.54, 1.807) is 55.6 Å². The Labute approximate surface area is 188 Å². The van der Waals surface area contributed by atoms with Crippen LogP contribution in [0.25, 0.3) is 10.8 Å². The number of halogens is 1. The number of methoxy groups -OCH3 is 1. The van der Waals surface area contributed by atoms with Crippen molar-refractivity contribution in [2.24, 2.45) is 0 Å². The molecule has 4 aromatic rings. The summed E-state index contributed by atoms with van der Waals surface area (Å²) in [6.07, 6.45) is 0.404. The van der Waals surface area contributed by atoms with Crippen molar-refractivity contribution in [1.29, 1.82) is 0 Å². The first kappa shape index (κ1) is 22.0. The molecule has 0 fully saturated rings. The van der Waals surface area contributed by atoms with Crippen LogP contribution in [-0.4, -0.2) is 22.8 Å². The molecule has 0 spiro atoms. The van der Waals surface area contributed by atoms with Gasteiger partial charge in [-0.15, -0.1) is 0 Å². The largest absolute Gasteiger partial charge is 0.497 e. The molecule has 2 N–H and O–H groups in total. The van der Waals surface area contributed by atoms with Gasteiger partial charge in [0.1, 0.15) is 18.1 Å². The second kappa shape index (κ2) is 9.52. The quantitative estimate of drug-likeness (QED) is 0.456. The van der Waals surface area contributed by atoms with Crippen LogP contribution in [0.4, 0.5) is 4.39 Å². The number of fused-ring (bicyclic) bond motifs is 1. The fourth-order valence-corrected chi connectivity index (χ4v) is 3.69. The van der Waals surface area contributed by atoms with Gasteiger partial charge >= 0.3 is 0 Å². The lowest BCUT2D eigenvalue weighted by molar-refractivity contribution is -0.122. The van der Waals surface area contributed by atoms with Gasteiger partial charge in [0, 0.05) is 0 Å². The highest BCUT2D eigenvalue weighted by atomic mass is 19.1. The number of carbonyl (C=O) groups excluding carboxylic acids is 1. The van der Waals surface area contributed by atoms with E-state index in [0.29, 0.717) is 12.2 Å². The second-order valence-electron chi connectivity index (χ2n) is 7.60. The maximum atomic E-state index is 13.3. The number of H-pyrrole nitrogens is 1. The van der Waals surface area contributed by atoms with Gasteiger partial charge in [-0.05, 0) is 53.9 Å². The molecule has 7 nitrogen and oxygen atoms in total. The number of aromatic nitrogens is 2. The molecular formula is C25H22FN3O4. The van der Waals surface area contributed by atoms with E-state index in [-0.39, 0.29) is 23.1 Å². The summed E-state index contributed by atoms with van der Waals surface area (Å²) in [6, 6.07) is 19.3. The standard InChI is InChI=1S/C25H22FN3O4/c1-33-19-12-8-17(9-13-19)22(14-16-6-10-18(26)11-7-16)27-23(30)15-29-25(32)21-5-3-2-4-20(21)24(31)28-29/h2-13,22H,14-15H2,1H3,(H,27,30)(H,28,31). The van der Waals surface area contributed by atoms with Crippen molar-refractivity contribution in [3.63, 3.8) is 0 Å². The third-order valence-corrected chi connectivity index (χ3v) is 5.39. The molecule has 0 saturated heterocycles. The zero-order valence-electron chi connectivity index (χ0n) is 17.9. The van der Waals surface area contributed by atoms with Crippen molar-refractivity contribution in [3.8, 4) is 5.75 Å². The number of ether oxygens (including phenoxy) is 1. The van der Waals surface area contributed by atoms with Crippen molar-refractivity contribution in [1.82, 2.24) is 15.1 Å². The van der Waals surface area contributed by atoms with Crippen LogP contribution in [0.3, 0.4) is 0 Å². The molecule has 1 heterocycles. The molecule has 1 atom stereocenters. The number of benzene rings is 3. The third kappa shape index (κ3) is 5.01. The van der Waals surface area contributed by atoms with Crippen LogP contribution in [-0.2, 0) is 17.8 Å². The van der Waals surface area contributed by atoms with Gasteiger partial charge in [0.05, 0.1) is 23.9 Å². The van der Waals surface area contributed by atoms with Crippen LogP contribution in [0.15, 0.2) is 82.4 Å². The number of aromatic amines is 1. The first-order chi connectivity index (χ1) is 15.9. The van der Waals surface area contributed by atoms with E-state index in [0.717, 1.165) is 15.8 Å². The minimum absolute atomic E-state index is 0.243. The van der Waals surface area contributed by atoms with Gasteiger partial charge in [-0.3, -0.25) is 19.5 Å². The summed E-state index contributed by atoms with van der Waals surface area (Å²) in [5.41, 5.74) is 0.734. The Morgan fingerprint density at radius 1 is 1.00 bits per heavy atom. The normalized spacial score (nSPS) is 11.8. The maximum Gasteiger partial charge on any atom is 0.273 e. The van der Waals surface area contributed by atoms with Crippen molar-refractivity contribution in [2.75, 3.05) is 7.11 Å². The number of nitrogens with zero attached hydrogens (tertiary/aromatic N) is 1. The average molecular weight is 447 g/mol. The highest BCUT2D eigenvalue weighted by Crippen LogP contribution is 2.22. The van der Waals surface area contributed by atoms with Gasteiger partial charge in [0.15, 0.2) is 0 Å². The number of rotatable bonds is 7. The van der Waals surface area contributed by atoms with Crippen LogP contribution in [0.2, 0.25) is 0 Å². The maximum absolute atomic E-state index is 13.3. The molecule has 8 heteroatoms. The van der Waals surface area contributed by atoms with E-state index < -0.39 is 23.1 Å². The summed E-state index contributed by atoms with van der Waals surface area (Å²) in [6.45, 7) is -0.352. The zero-order chi connectivity index (χ0) is 23.4. The fourth-order valence-electron chi connectivity index (χ4n) is 3.69. The van der Waals surface area contributed by atoms with Gasteiger partial charge in [0.25, 0.3) is 11.1 Å². The summed E-state index contributed by atoms with van der Waals surface area (Å²) in [7, 11) is 1.56. The highest BCUT2D eigenvalue weighted by Gasteiger charge is 2.17. The Morgan fingerprint density at radius 3 is 2.33 bits per heavy atom. The fraction of sp³-hybridized carbons (Fsp3) is 0.160. The van der Waals surface area contributed by atoms with Crippen LogP contribution in [0.5, 0.6) is 5.75 Å². The Kier molecular flexibility index (Phi) is 6.35. The third-order valence-electron chi connectivity index (χ3n) is 5.39. The molecule has 168 valence electrons. The van der Waals surface area contributed by atoms with E-state index in [2.05, 4.69) is 10.4 Å². The molecule has 33 heavy (non-hydrogen) atoms. The molecule has 0 radical (unpaired) electrons. The number of amides is 1. The number of hydrogen-bond donors (Lipinski definition) is 2. The molecule has 1 amide bonds. The van der Waals surface area contributed by atoms with Gasteiger partial charge in [-0.2, -0.15) is 0 Å². The van der Waals surface area contributed by atoms with Crippen molar-refractivity contribution in [2.45, 2.75) is 19.0 Å². The van der Waals surface area contributed by atoms with Crippen molar-refractivity contribution >= 4 is 16.7 Å². The molecule has 1 unspecified atom stereocenters. The lowest BCUT2D eigenvalue weighted by Gasteiger charge is -2.20. The van der Waals surface area contributed by atoms with Crippen molar-refractivity contribution in [3.05, 3.63) is 110 Å². The summed E-state index contributed by atoms with van der Waals surface area (Å²) in [5, 5.41) is 5.90. The molecule has 3 aromatic carbocycles. The predicted octanol–water partition coefficient (Wildman–Crippen LogP) is 2.94. The second-order valence-corrected chi connectivity index (χ2v) is 7.60. The zero-order valence-corrected chi connectivity index (χ0v) is 17.9. The van der Waals surface area contributed by atoms with E-state index in [1.807, 2.05) is 12.1 Å². The lowest BCUT2D eigenvalue weighted by Crippen LogP contribution is -2.38. The summed E-state index contributed by atoms with van der Waals surface area (Å²) in [4.78, 5) is 37.9. The van der Waals surface area contributed by atoms with E-state index in [9.17, 15) is 18.8 Å². The van der Waals surface area contributed by atoms with Crippen LogP contribution in [0, 0.1) is 5.82 Å². The molecule has 0 bridgehead atoms. The van der Waals surface area contributed by atoms with Crippen LogP contribution in [0.1, 0.15) is 17.2 Å². The lowest BCUT2D eigenvalue weighted by atomic mass is 9.98. The van der Waals surface area contributed by atoms with Gasteiger partial charge in [0.2, 0.25) is 5.91 Å². The monoisotopic (exact) mass is 447 g/mol. The van der Waals surface area contributed by atoms with E-state index in [1.165, 1.54) is 12.1 Å². The Balaban J connectivity index is 1.60. The van der Waals surface area contributed by atoms with Gasteiger partial charge in [-0.25, -0.2) is 9.07 Å². The molecule has 0 aliphatic heterocycles. The molecule has 0 aliphatic carbocycles. The molecular weight excluding hydrogens is 425 g/mol. The minimum Gasteiger partial charge on any atom is -0.497 e. The first-order valence-corrected chi connectivity index (χ1v) is 10.3. The Hall–Kier alpha value is -4.20.